The summed E-state index contributed by atoms with van der Waals surface area (Å²) >= 11 is 0. The Morgan fingerprint density at radius 2 is 2.05 bits per heavy atom. The van der Waals surface area contributed by atoms with Crippen LogP contribution < -0.4 is 5.73 Å². The van der Waals surface area contributed by atoms with Crippen LogP contribution in [0.2, 0.25) is 0 Å². The lowest BCUT2D eigenvalue weighted by atomic mass is 9.86. The molecule has 4 nitrogen and oxygen atoms in total. The number of para-hydroxylation sites is 1. The van der Waals surface area contributed by atoms with Crippen molar-refractivity contribution in [2.75, 3.05) is 18.8 Å². The summed E-state index contributed by atoms with van der Waals surface area (Å²) in [4.78, 5) is 13.9. The maximum atomic E-state index is 12.1. The number of hydrogen-bond donors (Lipinski definition) is 1. The van der Waals surface area contributed by atoms with Crippen molar-refractivity contribution in [2.24, 2.45) is 5.92 Å². The van der Waals surface area contributed by atoms with E-state index in [0.29, 0.717) is 11.8 Å². The van der Waals surface area contributed by atoms with Gasteiger partial charge in [0, 0.05) is 18.8 Å². The van der Waals surface area contributed by atoms with E-state index in [9.17, 15) is 4.79 Å². The van der Waals surface area contributed by atoms with Crippen LogP contribution in [0.1, 0.15) is 45.6 Å². The van der Waals surface area contributed by atoms with E-state index >= 15 is 0 Å². The fraction of sp³-hybridized carbons (Fsp3) is 0.588. The predicted molar refractivity (Wildman–Crippen MR) is 85.2 cm³/mol. The summed E-state index contributed by atoms with van der Waals surface area (Å²) < 4.78 is 5.44. The molecule has 1 aliphatic rings. The zero-order chi connectivity index (χ0) is 15.6. The summed E-state index contributed by atoms with van der Waals surface area (Å²) in [7, 11) is 0. The van der Waals surface area contributed by atoms with Crippen LogP contribution in [0.25, 0.3) is 0 Å². The van der Waals surface area contributed by atoms with Gasteiger partial charge in [-0.05, 0) is 50.7 Å². The summed E-state index contributed by atoms with van der Waals surface area (Å²) in [6.45, 7) is 9.37. The summed E-state index contributed by atoms with van der Waals surface area (Å²) in [5.74, 6) is 0.779. The van der Waals surface area contributed by atoms with Gasteiger partial charge < -0.3 is 15.4 Å². The topological polar surface area (TPSA) is 55.6 Å². The smallest absolute Gasteiger partial charge is 0.410 e. The van der Waals surface area contributed by atoms with E-state index in [0.717, 1.165) is 25.2 Å². The van der Waals surface area contributed by atoms with Crippen LogP contribution in [0.5, 0.6) is 0 Å². The third kappa shape index (κ3) is 3.90. The molecule has 1 amide bonds. The van der Waals surface area contributed by atoms with Crippen molar-refractivity contribution in [1.29, 1.82) is 0 Å². The van der Waals surface area contributed by atoms with E-state index in [1.54, 1.807) is 0 Å². The van der Waals surface area contributed by atoms with Crippen molar-refractivity contribution in [2.45, 2.75) is 45.6 Å². The molecular weight excluding hydrogens is 264 g/mol. The molecule has 1 heterocycles. The van der Waals surface area contributed by atoms with Gasteiger partial charge in [0.2, 0.25) is 0 Å². The van der Waals surface area contributed by atoms with E-state index in [4.69, 9.17) is 10.5 Å². The van der Waals surface area contributed by atoms with E-state index in [-0.39, 0.29) is 6.09 Å². The number of benzene rings is 1. The van der Waals surface area contributed by atoms with E-state index in [1.165, 1.54) is 5.56 Å². The molecule has 1 aromatic rings. The quantitative estimate of drug-likeness (QED) is 0.846. The van der Waals surface area contributed by atoms with E-state index in [2.05, 4.69) is 13.0 Å². The minimum Gasteiger partial charge on any atom is -0.444 e. The van der Waals surface area contributed by atoms with Gasteiger partial charge in [-0.2, -0.15) is 0 Å². The van der Waals surface area contributed by atoms with Crippen molar-refractivity contribution in [1.82, 2.24) is 4.90 Å². The van der Waals surface area contributed by atoms with Crippen molar-refractivity contribution in [3.8, 4) is 0 Å². The monoisotopic (exact) mass is 290 g/mol. The highest BCUT2D eigenvalue weighted by Crippen LogP contribution is 2.34. The first-order chi connectivity index (χ1) is 9.78. The van der Waals surface area contributed by atoms with Gasteiger partial charge in [-0.3, -0.25) is 0 Å². The first-order valence-electron chi connectivity index (χ1n) is 7.60. The number of nitrogen functional groups attached to an aromatic ring is 1. The van der Waals surface area contributed by atoms with Crippen LogP contribution in [0.15, 0.2) is 24.3 Å². The second-order valence-electron chi connectivity index (χ2n) is 6.89. The van der Waals surface area contributed by atoms with Crippen LogP contribution in [0.3, 0.4) is 0 Å². The average molecular weight is 290 g/mol. The molecule has 1 aliphatic heterocycles. The minimum atomic E-state index is -0.440. The molecule has 0 bridgehead atoms. The zero-order valence-corrected chi connectivity index (χ0v) is 13.4. The Hall–Kier alpha value is -1.71. The highest BCUT2D eigenvalue weighted by atomic mass is 16.6. The van der Waals surface area contributed by atoms with Crippen LogP contribution in [0, 0.1) is 5.92 Å². The Balaban J connectivity index is 1.99. The largest absolute Gasteiger partial charge is 0.444 e. The molecule has 0 radical (unpaired) electrons. The Kier molecular flexibility index (Phi) is 4.45. The number of nitrogens with two attached hydrogens (primary N) is 1. The van der Waals surface area contributed by atoms with Gasteiger partial charge in [-0.1, -0.05) is 25.1 Å². The molecule has 0 aliphatic carbocycles. The van der Waals surface area contributed by atoms with Crippen LogP contribution >= 0.6 is 0 Å². The summed E-state index contributed by atoms with van der Waals surface area (Å²) in [6.07, 6.45) is 0.785. The lowest BCUT2D eigenvalue weighted by Crippen LogP contribution is -2.35. The van der Waals surface area contributed by atoms with Gasteiger partial charge in [0.05, 0.1) is 0 Å². The third-order valence-electron chi connectivity index (χ3n) is 4.07. The summed E-state index contributed by atoms with van der Waals surface area (Å²) in [5, 5.41) is 0. The number of hydrogen-bond acceptors (Lipinski definition) is 3. The van der Waals surface area contributed by atoms with Gasteiger partial charge >= 0.3 is 6.09 Å². The normalized spacial score (nSPS) is 20.4. The van der Waals surface area contributed by atoms with E-state index < -0.39 is 5.60 Å². The van der Waals surface area contributed by atoms with Gasteiger partial charge in [0.1, 0.15) is 5.60 Å². The molecule has 21 heavy (non-hydrogen) atoms. The minimum absolute atomic E-state index is 0.210. The Morgan fingerprint density at radius 3 is 2.67 bits per heavy atom. The Morgan fingerprint density at radius 1 is 1.38 bits per heavy atom. The third-order valence-corrected chi connectivity index (χ3v) is 4.07. The van der Waals surface area contributed by atoms with Gasteiger partial charge in [-0.15, -0.1) is 0 Å². The molecule has 2 N–H and O–H groups in total. The highest BCUT2D eigenvalue weighted by Gasteiger charge is 2.33. The van der Waals surface area contributed by atoms with Crippen molar-refractivity contribution in [3.63, 3.8) is 0 Å². The maximum absolute atomic E-state index is 12.1. The average Bonchev–Trinajstić information content (AvgIpc) is 2.86. The van der Waals surface area contributed by atoms with Gasteiger partial charge in [0.25, 0.3) is 0 Å². The molecule has 0 spiro atoms. The van der Waals surface area contributed by atoms with Crippen molar-refractivity contribution >= 4 is 11.8 Å². The number of anilines is 1. The second-order valence-corrected chi connectivity index (χ2v) is 6.89. The molecule has 4 heteroatoms. The lowest BCUT2D eigenvalue weighted by molar-refractivity contribution is 0.0287. The predicted octanol–water partition coefficient (Wildman–Crippen LogP) is 3.63. The van der Waals surface area contributed by atoms with Gasteiger partial charge in [-0.25, -0.2) is 4.79 Å². The zero-order valence-electron chi connectivity index (χ0n) is 13.4. The number of amides is 1. The number of likely N-dealkylation sites (tertiary alicyclic amines) is 1. The summed E-state index contributed by atoms with van der Waals surface area (Å²) in [5.41, 5.74) is 7.63. The number of ether oxygens (including phenoxy) is 1. The van der Waals surface area contributed by atoms with Crippen LogP contribution in [-0.2, 0) is 4.74 Å². The molecular formula is C17H26N2O2. The molecule has 2 unspecified atom stereocenters. The molecule has 2 atom stereocenters. The molecule has 1 fully saturated rings. The van der Waals surface area contributed by atoms with Crippen LogP contribution in [0.4, 0.5) is 10.5 Å². The number of rotatable bonds is 2. The molecule has 2 rings (SSSR count). The standard InChI is InChI=1S/C17H26N2O2/c1-12(14-7-5-6-8-15(14)18)13-9-10-19(11-13)16(20)21-17(2,3)4/h5-8,12-13H,9-11,18H2,1-4H3. The second kappa shape index (κ2) is 5.96. The highest BCUT2D eigenvalue weighted by molar-refractivity contribution is 5.68. The first-order valence-corrected chi connectivity index (χ1v) is 7.60. The Labute approximate surface area is 127 Å². The lowest BCUT2D eigenvalue weighted by Gasteiger charge is -2.25. The van der Waals surface area contributed by atoms with Crippen LogP contribution in [-0.4, -0.2) is 29.7 Å². The Bertz CT molecular complexity index is 508. The molecule has 1 aromatic carbocycles. The van der Waals surface area contributed by atoms with Gasteiger partial charge in [0.15, 0.2) is 0 Å². The SMILES string of the molecule is CC(c1ccccc1N)C1CCN(C(=O)OC(C)(C)C)C1. The summed E-state index contributed by atoms with van der Waals surface area (Å²) in [6, 6.07) is 7.98. The van der Waals surface area contributed by atoms with Crippen molar-refractivity contribution in [3.05, 3.63) is 29.8 Å². The molecule has 0 aromatic heterocycles. The first kappa shape index (κ1) is 15.7. The fourth-order valence-electron chi connectivity index (χ4n) is 2.87. The van der Waals surface area contributed by atoms with Crippen molar-refractivity contribution < 1.29 is 9.53 Å². The molecule has 116 valence electrons. The number of nitrogens with zero attached hydrogens (tertiary/aromatic N) is 1. The maximum Gasteiger partial charge on any atom is 0.410 e. The van der Waals surface area contributed by atoms with E-state index in [1.807, 2.05) is 43.9 Å². The number of carbonyl (C=O) groups excluding carboxylic acids is 1. The number of carbonyl (C=O) groups is 1. The molecule has 0 saturated carbocycles. The fourth-order valence-corrected chi connectivity index (χ4v) is 2.87. The molecule has 1 saturated heterocycles.